The highest BCUT2D eigenvalue weighted by atomic mass is 79.9. The van der Waals surface area contributed by atoms with Crippen LogP contribution in [0.15, 0.2) is 40.2 Å². The summed E-state index contributed by atoms with van der Waals surface area (Å²) in [5, 5.41) is 1.95. The van der Waals surface area contributed by atoms with Crippen LogP contribution in [0.4, 0.5) is 5.69 Å². The van der Waals surface area contributed by atoms with E-state index in [0.29, 0.717) is 0 Å². The number of thiophene rings is 1. The van der Waals surface area contributed by atoms with E-state index < -0.39 is 0 Å². The average Bonchev–Trinajstić information content (AvgIpc) is 3.01. The van der Waals surface area contributed by atoms with E-state index in [1.165, 1.54) is 22.6 Å². The molecule has 2 aromatic rings. The van der Waals surface area contributed by atoms with Crippen molar-refractivity contribution < 1.29 is 4.79 Å². The Hall–Kier alpha value is -1.33. The van der Waals surface area contributed by atoms with E-state index in [9.17, 15) is 4.79 Å². The standard InChI is InChI=1S/C16H17BrN2OS/c1-12-4-5-14(13(17)11-12)18-6-8-19(9-7-18)16(20)15-3-2-10-21-15/h2-5,10-11H,6-9H2,1H3. The van der Waals surface area contributed by atoms with Gasteiger partial charge in [0.05, 0.1) is 10.6 Å². The van der Waals surface area contributed by atoms with Crippen molar-refractivity contribution in [1.29, 1.82) is 0 Å². The number of benzene rings is 1. The van der Waals surface area contributed by atoms with E-state index >= 15 is 0 Å². The fourth-order valence-corrected chi connectivity index (χ4v) is 4.01. The number of amides is 1. The molecule has 3 nitrogen and oxygen atoms in total. The quantitative estimate of drug-likeness (QED) is 0.809. The molecule has 5 heteroatoms. The molecule has 1 aliphatic rings. The third-order valence-electron chi connectivity index (χ3n) is 3.74. The second kappa shape index (κ2) is 6.20. The van der Waals surface area contributed by atoms with Crippen LogP contribution in [0, 0.1) is 6.92 Å². The zero-order valence-corrected chi connectivity index (χ0v) is 14.3. The van der Waals surface area contributed by atoms with Gasteiger partial charge in [0.2, 0.25) is 0 Å². The number of anilines is 1. The highest BCUT2D eigenvalue weighted by Crippen LogP contribution is 2.28. The number of hydrogen-bond acceptors (Lipinski definition) is 3. The number of rotatable bonds is 2. The topological polar surface area (TPSA) is 23.6 Å². The fraction of sp³-hybridized carbons (Fsp3) is 0.312. The summed E-state index contributed by atoms with van der Waals surface area (Å²) in [5.74, 6) is 0.160. The molecule has 0 saturated carbocycles. The molecule has 0 aliphatic carbocycles. The molecule has 0 bridgehead atoms. The van der Waals surface area contributed by atoms with Crippen molar-refractivity contribution in [3.05, 3.63) is 50.6 Å². The number of nitrogens with zero attached hydrogens (tertiary/aromatic N) is 2. The highest BCUT2D eigenvalue weighted by molar-refractivity contribution is 9.10. The maximum Gasteiger partial charge on any atom is 0.264 e. The van der Waals surface area contributed by atoms with E-state index in [2.05, 4.69) is 46.0 Å². The molecule has 2 heterocycles. The monoisotopic (exact) mass is 364 g/mol. The summed E-state index contributed by atoms with van der Waals surface area (Å²) in [4.78, 5) is 17.4. The van der Waals surface area contributed by atoms with Crippen molar-refractivity contribution in [2.45, 2.75) is 6.92 Å². The Bertz CT molecular complexity index is 634. The number of halogens is 1. The summed E-state index contributed by atoms with van der Waals surface area (Å²) in [5.41, 5.74) is 2.46. The maximum absolute atomic E-state index is 12.3. The Morgan fingerprint density at radius 3 is 2.57 bits per heavy atom. The normalized spacial score (nSPS) is 15.3. The first-order valence-electron chi connectivity index (χ1n) is 6.99. The Morgan fingerprint density at radius 1 is 1.19 bits per heavy atom. The lowest BCUT2D eigenvalue weighted by atomic mass is 10.2. The highest BCUT2D eigenvalue weighted by Gasteiger charge is 2.23. The average molecular weight is 365 g/mol. The summed E-state index contributed by atoms with van der Waals surface area (Å²) >= 11 is 5.15. The predicted octanol–water partition coefficient (Wildman–Crippen LogP) is 3.78. The van der Waals surface area contributed by atoms with Crippen LogP contribution in [0.25, 0.3) is 0 Å². The van der Waals surface area contributed by atoms with Crippen LogP contribution in [0.3, 0.4) is 0 Å². The minimum atomic E-state index is 0.160. The summed E-state index contributed by atoms with van der Waals surface area (Å²) in [6.07, 6.45) is 0. The minimum absolute atomic E-state index is 0.160. The molecule has 1 aromatic heterocycles. The molecule has 0 atom stereocenters. The molecule has 1 aromatic carbocycles. The maximum atomic E-state index is 12.3. The molecule has 0 spiro atoms. The third kappa shape index (κ3) is 3.14. The van der Waals surface area contributed by atoms with Gasteiger partial charge in [-0.25, -0.2) is 0 Å². The van der Waals surface area contributed by atoms with Crippen molar-refractivity contribution in [2.75, 3.05) is 31.1 Å². The molecular formula is C16H17BrN2OS. The molecule has 21 heavy (non-hydrogen) atoms. The Balaban J connectivity index is 1.66. The fourth-order valence-electron chi connectivity index (χ4n) is 2.57. The number of carbonyl (C=O) groups is 1. The van der Waals surface area contributed by atoms with Crippen molar-refractivity contribution in [3.63, 3.8) is 0 Å². The van der Waals surface area contributed by atoms with Crippen LogP contribution in [0.5, 0.6) is 0 Å². The Labute approximate surface area is 137 Å². The number of hydrogen-bond donors (Lipinski definition) is 0. The van der Waals surface area contributed by atoms with Crippen molar-refractivity contribution >= 4 is 38.9 Å². The van der Waals surface area contributed by atoms with Gasteiger partial charge in [-0.15, -0.1) is 11.3 Å². The van der Waals surface area contributed by atoms with E-state index in [0.717, 1.165) is 35.5 Å². The van der Waals surface area contributed by atoms with E-state index in [1.54, 1.807) is 0 Å². The van der Waals surface area contributed by atoms with E-state index in [-0.39, 0.29) is 5.91 Å². The zero-order chi connectivity index (χ0) is 14.8. The molecule has 3 rings (SSSR count). The number of piperazine rings is 1. The van der Waals surface area contributed by atoms with Gasteiger partial charge in [-0.3, -0.25) is 4.79 Å². The van der Waals surface area contributed by atoms with Gasteiger partial charge in [0.1, 0.15) is 0 Å². The second-order valence-electron chi connectivity index (χ2n) is 5.21. The van der Waals surface area contributed by atoms with E-state index in [4.69, 9.17) is 0 Å². The molecule has 1 amide bonds. The SMILES string of the molecule is Cc1ccc(N2CCN(C(=O)c3cccs3)CC2)c(Br)c1. The van der Waals surface area contributed by atoms with Gasteiger partial charge in [-0.05, 0) is 52.0 Å². The molecule has 110 valence electrons. The van der Waals surface area contributed by atoms with Crippen LogP contribution in [0.2, 0.25) is 0 Å². The van der Waals surface area contributed by atoms with Gasteiger partial charge < -0.3 is 9.80 Å². The van der Waals surface area contributed by atoms with Crippen molar-refractivity contribution in [3.8, 4) is 0 Å². The van der Waals surface area contributed by atoms with Crippen LogP contribution in [-0.2, 0) is 0 Å². The lowest BCUT2D eigenvalue weighted by molar-refractivity contribution is 0.0751. The molecule has 0 unspecified atom stereocenters. The van der Waals surface area contributed by atoms with Gasteiger partial charge in [-0.1, -0.05) is 12.1 Å². The molecule has 1 aliphatic heterocycles. The third-order valence-corrected chi connectivity index (χ3v) is 5.24. The second-order valence-corrected chi connectivity index (χ2v) is 7.01. The van der Waals surface area contributed by atoms with Gasteiger partial charge in [0.25, 0.3) is 5.91 Å². The van der Waals surface area contributed by atoms with Crippen molar-refractivity contribution in [1.82, 2.24) is 4.90 Å². The first kappa shape index (κ1) is 14.6. The largest absolute Gasteiger partial charge is 0.367 e. The molecule has 1 saturated heterocycles. The lowest BCUT2D eigenvalue weighted by Gasteiger charge is -2.36. The smallest absolute Gasteiger partial charge is 0.264 e. The molecule has 0 radical (unpaired) electrons. The van der Waals surface area contributed by atoms with E-state index in [1.807, 2.05) is 22.4 Å². The summed E-state index contributed by atoms with van der Waals surface area (Å²) in [7, 11) is 0. The molecule has 0 N–H and O–H groups in total. The molecular weight excluding hydrogens is 348 g/mol. The van der Waals surface area contributed by atoms with Crippen LogP contribution >= 0.6 is 27.3 Å². The molecule has 1 fully saturated rings. The van der Waals surface area contributed by atoms with Gasteiger partial charge in [0.15, 0.2) is 0 Å². The van der Waals surface area contributed by atoms with Crippen LogP contribution < -0.4 is 4.90 Å². The summed E-state index contributed by atoms with van der Waals surface area (Å²) < 4.78 is 1.13. The summed E-state index contributed by atoms with van der Waals surface area (Å²) in [6.45, 7) is 5.39. The lowest BCUT2D eigenvalue weighted by Crippen LogP contribution is -2.48. The van der Waals surface area contributed by atoms with Crippen LogP contribution in [-0.4, -0.2) is 37.0 Å². The van der Waals surface area contributed by atoms with Gasteiger partial charge in [0, 0.05) is 30.7 Å². The Morgan fingerprint density at radius 2 is 1.95 bits per heavy atom. The van der Waals surface area contributed by atoms with Gasteiger partial charge in [-0.2, -0.15) is 0 Å². The first-order valence-corrected chi connectivity index (χ1v) is 8.66. The number of carbonyl (C=O) groups excluding carboxylic acids is 1. The predicted molar refractivity (Wildman–Crippen MR) is 91.3 cm³/mol. The first-order chi connectivity index (χ1) is 10.1. The number of aryl methyl sites for hydroxylation is 1. The summed E-state index contributed by atoms with van der Waals surface area (Å²) in [6, 6.07) is 10.2. The van der Waals surface area contributed by atoms with Gasteiger partial charge >= 0.3 is 0 Å². The zero-order valence-electron chi connectivity index (χ0n) is 11.9. The van der Waals surface area contributed by atoms with Crippen molar-refractivity contribution in [2.24, 2.45) is 0 Å². The van der Waals surface area contributed by atoms with Crippen LogP contribution in [0.1, 0.15) is 15.2 Å². The minimum Gasteiger partial charge on any atom is -0.367 e. The Kier molecular flexibility index (Phi) is 4.31.